The van der Waals surface area contributed by atoms with Crippen LogP contribution in [-0.4, -0.2) is 17.9 Å². The highest BCUT2D eigenvalue weighted by Crippen LogP contribution is 2.55. The van der Waals surface area contributed by atoms with Crippen molar-refractivity contribution in [2.45, 2.75) is 13.3 Å². The Morgan fingerprint density at radius 1 is 1.77 bits per heavy atom. The number of rotatable bonds is 7. The van der Waals surface area contributed by atoms with E-state index in [1.165, 1.54) is 16.9 Å². The number of hydrogen-bond donors (Lipinski definition) is 1. The van der Waals surface area contributed by atoms with E-state index in [0.717, 1.165) is 0 Å². The highest BCUT2D eigenvalue weighted by atomic mass is 32.9. The van der Waals surface area contributed by atoms with Crippen LogP contribution in [0.2, 0.25) is 0 Å². The summed E-state index contributed by atoms with van der Waals surface area (Å²) >= 11 is 11.4. The monoisotopic (exact) mass is 254 g/mol. The lowest BCUT2D eigenvalue weighted by Crippen LogP contribution is -2.06. The van der Waals surface area contributed by atoms with Crippen LogP contribution < -0.4 is 5.09 Å². The minimum atomic E-state index is -2.06. The van der Waals surface area contributed by atoms with E-state index >= 15 is 0 Å². The second kappa shape index (κ2) is 7.72. The maximum Gasteiger partial charge on any atom is 0.210 e. The molecule has 0 saturated heterocycles. The third kappa shape index (κ3) is 6.42. The Labute approximate surface area is 93.1 Å². The molecule has 7 heteroatoms. The summed E-state index contributed by atoms with van der Waals surface area (Å²) in [5, 5.41) is 11.2. The van der Waals surface area contributed by atoms with Gasteiger partial charge in [-0.3, -0.25) is 0 Å². The van der Waals surface area contributed by atoms with Crippen LogP contribution >= 0.6 is 29.2 Å². The van der Waals surface area contributed by atoms with Gasteiger partial charge >= 0.3 is 0 Å². The summed E-state index contributed by atoms with van der Waals surface area (Å²) in [4.78, 5) is 0. The standard InChI is InChI=1S/C6H11N2OPS3/c1-2-9-10(12,8-6-11)13-5-3-4-7/h6H,2-3,5H2,1H3,(H,8,11,12). The molecule has 0 aromatic rings. The molecule has 1 atom stereocenters. The molecule has 0 aromatic carbocycles. The van der Waals surface area contributed by atoms with Gasteiger partial charge in [-0.2, -0.15) is 5.26 Å². The molecule has 13 heavy (non-hydrogen) atoms. The van der Waals surface area contributed by atoms with Crippen molar-refractivity contribution in [2.75, 3.05) is 12.4 Å². The topological polar surface area (TPSA) is 45.0 Å². The predicted molar refractivity (Wildman–Crippen MR) is 65.4 cm³/mol. The fourth-order valence-electron chi connectivity index (χ4n) is 0.558. The zero-order chi connectivity index (χ0) is 10.2. The van der Waals surface area contributed by atoms with E-state index in [1.807, 2.05) is 6.92 Å². The Morgan fingerprint density at radius 2 is 2.46 bits per heavy atom. The lowest BCUT2D eigenvalue weighted by atomic mass is 10.6. The van der Waals surface area contributed by atoms with Crippen molar-refractivity contribution in [1.82, 2.24) is 5.09 Å². The molecule has 0 rings (SSSR count). The van der Waals surface area contributed by atoms with Gasteiger partial charge in [0.05, 0.1) is 18.2 Å². The van der Waals surface area contributed by atoms with Gasteiger partial charge in [-0.25, -0.2) is 0 Å². The Kier molecular flexibility index (Phi) is 7.92. The molecule has 0 fully saturated rings. The molecule has 0 spiro atoms. The SMILES string of the molecule is CCOP(=S)(NC=S)SCCC#N. The molecule has 3 nitrogen and oxygen atoms in total. The van der Waals surface area contributed by atoms with Crippen molar-refractivity contribution in [1.29, 1.82) is 5.26 Å². The quantitative estimate of drug-likeness (QED) is 0.428. The molecule has 0 aliphatic heterocycles. The molecule has 0 heterocycles. The van der Waals surface area contributed by atoms with Crippen LogP contribution in [0, 0.1) is 11.3 Å². The van der Waals surface area contributed by atoms with Crippen molar-refractivity contribution >= 4 is 46.5 Å². The molecular formula is C6H11N2OPS3. The van der Waals surface area contributed by atoms with Crippen LogP contribution in [0.15, 0.2) is 0 Å². The zero-order valence-corrected chi connectivity index (χ0v) is 10.6. The maximum atomic E-state index is 8.35. The van der Waals surface area contributed by atoms with Gasteiger partial charge in [-0.15, -0.1) is 0 Å². The molecule has 0 amide bonds. The zero-order valence-electron chi connectivity index (χ0n) is 7.23. The number of thiocarbonyl (C=S) groups is 1. The molecule has 0 bridgehead atoms. The molecule has 74 valence electrons. The van der Waals surface area contributed by atoms with Gasteiger partial charge < -0.3 is 9.61 Å². The third-order valence-electron chi connectivity index (χ3n) is 0.985. The van der Waals surface area contributed by atoms with Crippen LogP contribution in [0.5, 0.6) is 0 Å². The first kappa shape index (κ1) is 13.3. The lowest BCUT2D eigenvalue weighted by molar-refractivity contribution is 0.383. The van der Waals surface area contributed by atoms with E-state index < -0.39 is 5.62 Å². The molecule has 0 radical (unpaired) electrons. The second-order valence-electron chi connectivity index (χ2n) is 1.90. The maximum absolute atomic E-state index is 8.35. The van der Waals surface area contributed by atoms with E-state index in [-0.39, 0.29) is 0 Å². The van der Waals surface area contributed by atoms with Crippen molar-refractivity contribution in [2.24, 2.45) is 0 Å². The normalized spacial score (nSPS) is 14.2. The van der Waals surface area contributed by atoms with E-state index in [2.05, 4.69) is 23.4 Å². The van der Waals surface area contributed by atoms with Crippen LogP contribution in [-0.2, 0) is 16.3 Å². The fraction of sp³-hybridized carbons (Fsp3) is 0.667. The van der Waals surface area contributed by atoms with E-state index in [9.17, 15) is 0 Å². The number of nitriles is 1. The summed E-state index contributed by atoms with van der Waals surface area (Å²) in [6, 6.07) is 2.06. The minimum absolute atomic E-state index is 0.481. The Bertz CT molecular complexity index is 241. The van der Waals surface area contributed by atoms with Crippen molar-refractivity contribution in [3.05, 3.63) is 0 Å². The Morgan fingerprint density at radius 3 is 2.92 bits per heavy atom. The van der Waals surface area contributed by atoms with E-state index in [0.29, 0.717) is 18.8 Å². The predicted octanol–water partition coefficient (Wildman–Crippen LogP) is 2.44. The summed E-state index contributed by atoms with van der Waals surface area (Å²) in [6.07, 6.45) is 0.481. The van der Waals surface area contributed by atoms with Crippen LogP contribution in [0.4, 0.5) is 0 Å². The fourth-order valence-corrected chi connectivity index (χ4v) is 5.58. The van der Waals surface area contributed by atoms with E-state index in [1.54, 1.807) is 0 Å². The summed E-state index contributed by atoms with van der Waals surface area (Å²) in [5.74, 6) is 0.684. The average Bonchev–Trinajstić information content (AvgIpc) is 2.05. The first-order chi connectivity index (χ1) is 6.18. The minimum Gasteiger partial charge on any atom is -0.327 e. The summed E-state index contributed by atoms with van der Waals surface area (Å²) in [7, 11) is 0. The van der Waals surface area contributed by atoms with Gasteiger partial charge in [0.2, 0.25) is 5.62 Å². The van der Waals surface area contributed by atoms with Crippen LogP contribution in [0.3, 0.4) is 0 Å². The Hall–Kier alpha value is 0.340. The molecule has 0 aliphatic rings. The number of nitrogens with zero attached hydrogens (tertiary/aromatic N) is 1. The highest BCUT2D eigenvalue weighted by molar-refractivity contribution is 8.68. The second-order valence-corrected chi connectivity index (χ2v) is 8.87. The first-order valence-electron chi connectivity index (χ1n) is 3.66. The first-order valence-corrected chi connectivity index (χ1v) is 8.44. The van der Waals surface area contributed by atoms with Gasteiger partial charge in [-0.1, -0.05) is 23.6 Å². The molecule has 1 unspecified atom stereocenters. The van der Waals surface area contributed by atoms with Gasteiger partial charge in [0, 0.05) is 12.2 Å². The van der Waals surface area contributed by atoms with Crippen molar-refractivity contribution in [3.63, 3.8) is 0 Å². The summed E-state index contributed by atoms with van der Waals surface area (Å²) in [5.41, 5.74) is -0.675. The molecule has 0 aromatic heterocycles. The average molecular weight is 254 g/mol. The smallest absolute Gasteiger partial charge is 0.210 e. The summed E-state index contributed by atoms with van der Waals surface area (Å²) in [6.45, 7) is 2.45. The largest absolute Gasteiger partial charge is 0.327 e. The number of nitrogens with one attached hydrogen (secondary N) is 1. The van der Waals surface area contributed by atoms with Crippen LogP contribution in [0.1, 0.15) is 13.3 Å². The van der Waals surface area contributed by atoms with E-state index in [4.69, 9.17) is 21.6 Å². The molecule has 1 N–H and O–H groups in total. The Balaban J connectivity index is 4.00. The molecular weight excluding hydrogens is 243 g/mol. The van der Waals surface area contributed by atoms with Crippen LogP contribution in [0.25, 0.3) is 0 Å². The van der Waals surface area contributed by atoms with Crippen molar-refractivity contribution < 1.29 is 4.52 Å². The summed E-state index contributed by atoms with van der Waals surface area (Å²) < 4.78 is 5.39. The van der Waals surface area contributed by atoms with Gasteiger partial charge in [0.25, 0.3) is 0 Å². The lowest BCUT2D eigenvalue weighted by Gasteiger charge is -2.19. The highest BCUT2D eigenvalue weighted by Gasteiger charge is 2.15. The molecule has 0 saturated carbocycles. The van der Waals surface area contributed by atoms with Gasteiger partial charge in [-0.05, 0) is 18.7 Å². The third-order valence-corrected chi connectivity index (χ3v) is 6.83. The molecule has 0 aliphatic carbocycles. The van der Waals surface area contributed by atoms with Gasteiger partial charge in [0.1, 0.15) is 0 Å². The van der Waals surface area contributed by atoms with Crippen molar-refractivity contribution in [3.8, 4) is 6.07 Å². The number of hydrogen-bond acceptors (Lipinski definition) is 5. The van der Waals surface area contributed by atoms with Gasteiger partial charge in [0.15, 0.2) is 0 Å².